The van der Waals surface area contributed by atoms with E-state index < -0.39 is 16.6 Å². The van der Waals surface area contributed by atoms with Crippen LogP contribution in [0.25, 0.3) is 0 Å². The van der Waals surface area contributed by atoms with E-state index in [9.17, 15) is 14.4 Å². The van der Waals surface area contributed by atoms with E-state index in [1.165, 1.54) is 122 Å². The summed E-state index contributed by atoms with van der Waals surface area (Å²) in [5.74, 6) is 4.78. The van der Waals surface area contributed by atoms with Gasteiger partial charge in [0.2, 0.25) is 0 Å². The summed E-state index contributed by atoms with van der Waals surface area (Å²) >= 11 is 16.1. The minimum atomic E-state index is -0.438. The van der Waals surface area contributed by atoms with E-state index >= 15 is 0 Å². The lowest BCUT2D eigenvalue weighted by Crippen LogP contribution is -2.50. The molecule has 3 aliphatic carbocycles. The Kier molecular flexibility index (Phi) is 19.6. The molecule has 0 unspecified atom stereocenters. The van der Waals surface area contributed by atoms with E-state index in [-0.39, 0.29) is 17.7 Å². The van der Waals surface area contributed by atoms with Crippen LogP contribution in [-0.2, 0) is 14.4 Å². The predicted molar refractivity (Wildman–Crippen MR) is 283 cm³/mol. The lowest BCUT2D eigenvalue weighted by atomic mass is 9.77. The van der Waals surface area contributed by atoms with Crippen LogP contribution in [0.15, 0.2) is 0 Å². The summed E-state index contributed by atoms with van der Waals surface area (Å²) in [5.41, 5.74) is -1.30. The van der Waals surface area contributed by atoms with E-state index in [4.69, 9.17) is 36.7 Å². The lowest BCUT2D eigenvalue weighted by molar-refractivity contribution is -0.132. The number of piperidine rings is 1. The molecule has 15 heteroatoms. The fourth-order valence-electron chi connectivity index (χ4n) is 13.6. The number of hydrogen-bond acceptors (Lipinski definition) is 9. The van der Waals surface area contributed by atoms with Gasteiger partial charge in [0.05, 0.1) is 0 Å². The van der Waals surface area contributed by atoms with Gasteiger partial charge < -0.3 is 31.9 Å². The number of carbonyl (C=O) groups excluding carboxylic acids is 3. The van der Waals surface area contributed by atoms with Crippen molar-refractivity contribution in [3.63, 3.8) is 0 Å². The monoisotopic (exact) mass is 984 g/mol. The van der Waals surface area contributed by atoms with Crippen molar-refractivity contribution in [3.8, 4) is 0 Å². The van der Waals surface area contributed by atoms with Crippen LogP contribution >= 0.6 is 36.7 Å². The maximum absolute atomic E-state index is 12.9. The standard InChI is InChI=1S/C18H31N3OS.2C17H29N3OS/c1-21-16(22)18(20-17(21)23,12-15-8-5-11-19-13-15)10-9-14-6-3-2-4-7-14;2*1-20-15(21)17(19-16(20)22,11-14-8-10-18-12-14)9-7-13-5-3-2-4-6-13/h14-15,19H,2-13H2,1H3,(H,20,23);2*13-14,18H,2-12H2,1H3,(H,19,22)/t15-,18+;14-,17+;14-,17-/m110/s1. The van der Waals surface area contributed by atoms with Crippen LogP contribution in [-0.4, -0.2) is 125 Å². The highest BCUT2D eigenvalue weighted by molar-refractivity contribution is 7.80. The summed E-state index contributed by atoms with van der Waals surface area (Å²) in [6.45, 7) is 6.39. The van der Waals surface area contributed by atoms with E-state index in [1.54, 1.807) is 14.7 Å². The molecule has 0 spiro atoms. The Hall–Kier alpha value is -2.04. The van der Waals surface area contributed by atoms with Crippen molar-refractivity contribution in [3.05, 3.63) is 0 Å². The zero-order valence-electron chi connectivity index (χ0n) is 41.8. The molecule has 6 heterocycles. The summed E-state index contributed by atoms with van der Waals surface area (Å²) in [5, 5.41) is 22.4. The number of thiocarbonyl (C=S) groups is 3. The van der Waals surface area contributed by atoms with Gasteiger partial charge in [-0.25, -0.2) is 0 Å². The molecule has 6 atom stereocenters. The topological polar surface area (TPSA) is 133 Å². The fourth-order valence-corrected chi connectivity index (χ4v) is 14.5. The Morgan fingerprint density at radius 3 is 0.940 bits per heavy atom. The second kappa shape index (κ2) is 24.9. The van der Waals surface area contributed by atoms with Gasteiger partial charge in [-0.1, -0.05) is 96.3 Å². The molecule has 9 aliphatic rings. The highest BCUT2D eigenvalue weighted by Gasteiger charge is 2.51. The Balaban J connectivity index is 0.000000149. The molecule has 0 aromatic rings. The van der Waals surface area contributed by atoms with Crippen molar-refractivity contribution >= 4 is 69.7 Å². The van der Waals surface area contributed by atoms with Crippen LogP contribution in [0.5, 0.6) is 0 Å². The molecular formula is C52H89N9O3S3. The summed E-state index contributed by atoms with van der Waals surface area (Å²) in [7, 11) is 5.44. The van der Waals surface area contributed by atoms with Gasteiger partial charge in [-0.05, 0) is 195 Å². The minimum absolute atomic E-state index is 0.195. The Morgan fingerprint density at radius 1 is 0.403 bits per heavy atom. The Morgan fingerprint density at radius 2 is 0.687 bits per heavy atom. The smallest absolute Gasteiger partial charge is 0.254 e. The van der Waals surface area contributed by atoms with Crippen LogP contribution in [0, 0.1) is 35.5 Å². The average molecular weight is 985 g/mol. The van der Waals surface area contributed by atoms with E-state index in [2.05, 4.69) is 31.9 Å². The van der Waals surface area contributed by atoms with Crippen molar-refractivity contribution in [2.24, 2.45) is 35.5 Å². The number of amides is 3. The summed E-state index contributed by atoms with van der Waals surface area (Å²) in [6, 6.07) is 0. The molecule has 67 heavy (non-hydrogen) atoms. The average Bonchev–Trinajstić information content (AvgIpc) is 4.18. The van der Waals surface area contributed by atoms with Gasteiger partial charge in [-0.3, -0.25) is 29.1 Å². The quantitative estimate of drug-likeness (QED) is 0.0900. The number of carbonyl (C=O) groups is 3. The molecule has 6 aliphatic heterocycles. The second-order valence-corrected chi connectivity index (χ2v) is 24.0. The molecule has 0 radical (unpaired) electrons. The molecule has 9 rings (SSSR count). The molecule has 378 valence electrons. The van der Waals surface area contributed by atoms with Crippen LogP contribution in [0.3, 0.4) is 0 Å². The molecule has 3 amide bonds. The van der Waals surface area contributed by atoms with E-state index in [0.717, 1.165) is 115 Å². The molecule has 0 aromatic carbocycles. The Labute approximate surface area is 420 Å². The first-order valence-electron chi connectivity index (χ1n) is 27.2. The second-order valence-electron chi connectivity index (χ2n) is 22.8. The minimum Gasteiger partial charge on any atom is -0.348 e. The molecule has 0 bridgehead atoms. The molecule has 9 fully saturated rings. The summed E-state index contributed by atoms with van der Waals surface area (Å²) in [4.78, 5) is 43.6. The molecular weight excluding hydrogens is 895 g/mol. The highest BCUT2D eigenvalue weighted by Crippen LogP contribution is 2.39. The fraction of sp³-hybridized carbons (Fsp3) is 0.885. The first-order chi connectivity index (χ1) is 32.3. The number of nitrogens with one attached hydrogen (secondary N) is 6. The van der Waals surface area contributed by atoms with Crippen molar-refractivity contribution < 1.29 is 14.4 Å². The molecule has 0 aromatic heterocycles. The lowest BCUT2D eigenvalue weighted by Gasteiger charge is -2.34. The van der Waals surface area contributed by atoms with Gasteiger partial charge >= 0.3 is 0 Å². The summed E-state index contributed by atoms with van der Waals surface area (Å²) < 4.78 is 0. The van der Waals surface area contributed by atoms with Crippen LogP contribution in [0.1, 0.15) is 180 Å². The van der Waals surface area contributed by atoms with E-state index in [1.807, 2.05) is 21.1 Å². The highest BCUT2D eigenvalue weighted by atomic mass is 32.1. The first kappa shape index (κ1) is 52.8. The largest absolute Gasteiger partial charge is 0.348 e. The number of rotatable bonds is 15. The number of nitrogens with zero attached hydrogens (tertiary/aromatic N) is 3. The molecule has 12 nitrogen and oxygen atoms in total. The molecule has 6 N–H and O–H groups in total. The maximum atomic E-state index is 12.9. The predicted octanol–water partition coefficient (Wildman–Crippen LogP) is 7.69. The van der Waals surface area contributed by atoms with Crippen LogP contribution in [0.2, 0.25) is 0 Å². The van der Waals surface area contributed by atoms with Crippen molar-refractivity contribution in [1.29, 1.82) is 0 Å². The molecule has 6 saturated heterocycles. The van der Waals surface area contributed by atoms with Crippen molar-refractivity contribution in [2.75, 3.05) is 60.4 Å². The van der Waals surface area contributed by atoms with Gasteiger partial charge in [0, 0.05) is 21.1 Å². The van der Waals surface area contributed by atoms with Gasteiger partial charge in [-0.15, -0.1) is 0 Å². The van der Waals surface area contributed by atoms with Gasteiger partial charge in [0.1, 0.15) is 16.6 Å². The zero-order valence-corrected chi connectivity index (χ0v) is 44.2. The third-order valence-electron chi connectivity index (χ3n) is 17.8. The Bertz CT molecular complexity index is 1610. The van der Waals surface area contributed by atoms with E-state index in [0.29, 0.717) is 33.1 Å². The van der Waals surface area contributed by atoms with Crippen molar-refractivity contribution in [2.45, 2.75) is 196 Å². The van der Waals surface area contributed by atoms with Gasteiger partial charge in [0.15, 0.2) is 15.3 Å². The van der Waals surface area contributed by atoms with Crippen LogP contribution in [0.4, 0.5) is 0 Å². The maximum Gasteiger partial charge on any atom is 0.254 e. The van der Waals surface area contributed by atoms with Crippen LogP contribution < -0.4 is 31.9 Å². The third-order valence-corrected chi connectivity index (χ3v) is 19.0. The van der Waals surface area contributed by atoms with Crippen molar-refractivity contribution in [1.82, 2.24) is 46.6 Å². The number of likely N-dealkylation sites (N-methyl/N-ethyl adjacent to an activating group) is 3. The number of hydrogen-bond donors (Lipinski definition) is 6. The first-order valence-corrected chi connectivity index (χ1v) is 28.5. The third kappa shape index (κ3) is 13.7. The van der Waals surface area contributed by atoms with Gasteiger partial charge in [0.25, 0.3) is 17.7 Å². The normalized spacial score (nSPS) is 33.4. The SMILES string of the molecule is CN1C(=O)[C@](CCC2CCCCC2)(C[C@@H]2CCNC2)NC1=S.CN1C(=O)[C@](CCC2CCCCC2)(C[C@H]2CCCNC2)NC1=S.CN1C(=O)[C@](CCC2CCCCC2)(C[C@H]2CCNC2)NC1=S. The van der Waals surface area contributed by atoms with Gasteiger partial charge in [-0.2, -0.15) is 0 Å². The molecule has 3 saturated carbocycles. The summed E-state index contributed by atoms with van der Waals surface area (Å²) in [6.07, 6.45) is 34.3. The zero-order chi connectivity index (χ0) is 47.4.